The van der Waals surface area contributed by atoms with Gasteiger partial charge in [0.15, 0.2) is 0 Å². The molecule has 0 aliphatic carbocycles. The lowest BCUT2D eigenvalue weighted by Gasteiger charge is -2.08. The van der Waals surface area contributed by atoms with Crippen molar-refractivity contribution in [2.24, 2.45) is 0 Å². The van der Waals surface area contributed by atoms with Gasteiger partial charge in [0.1, 0.15) is 5.75 Å². The monoisotopic (exact) mass is 436 g/mol. The summed E-state index contributed by atoms with van der Waals surface area (Å²) in [5.41, 5.74) is 4.25. The average molecular weight is 437 g/mol. The quantitative estimate of drug-likeness (QED) is 0.492. The third kappa shape index (κ3) is 22.7. The second-order valence-corrected chi connectivity index (χ2v) is 5.63. The van der Waals surface area contributed by atoms with Gasteiger partial charge >= 0.3 is 0 Å². The van der Waals surface area contributed by atoms with Crippen LogP contribution < -0.4 is 4.74 Å². The molecule has 3 nitrogen and oxygen atoms in total. The summed E-state index contributed by atoms with van der Waals surface area (Å²) in [5.74, 6) is 0.941. The predicted molar refractivity (Wildman–Crippen MR) is 140 cm³/mol. The zero-order valence-corrected chi connectivity index (χ0v) is 22.2. The average Bonchev–Trinajstić information content (AvgIpc) is 2.87. The van der Waals surface area contributed by atoms with Gasteiger partial charge in [-0.05, 0) is 48.1 Å². The van der Waals surface area contributed by atoms with E-state index in [0.717, 1.165) is 25.0 Å². The minimum atomic E-state index is -0.125. The largest absolute Gasteiger partial charge is 0.497 e. The van der Waals surface area contributed by atoms with Crippen molar-refractivity contribution in [3.05, 3.63) is 65.2 Å². The Morgan fingerprint density at radius 1 is 0.677 bits per heavy atom. The fourth-order valence-electron chi connectivity index (χ4n) is 2.25. The van der Waals surface area contributed by atoms with Gasteiger partial charge in [-0.25, -0.2) is 0 Å². The van der Waals surface area contributed by atoms with Crippen LogP contribution in [0.3, 0.4) is 0 Å². The molecule has 2 rings (SSSR count). The van der Waals surface area contributed by atoms with Crippen molar-refractivity contribution in [3.8, 4) is 5.75 Å². The van der Waals surface area contributed by atoms with E-state index in [-0.39, 0.29) is 13.2 Å². The first-order valence-corrected chi connectivity index (χ1v) is 12.1. The lowest BCUT2D eigenvalue weighted by atomic mass is 9.98. The molecule has 0 aromatic heterocycles. The van der Waals surface area contributed by atoms with Gasteiger partial charge in [-0.3, -0.25) is 0 Å². The van der Waals surface area contributed by atoms with Crippen LogP contribution in [0.15, 0.2) is 48.5 Å². The molecule has 0 saturated carbocycles. The van der Waals surface area contributed by atoms with E-state index < -0.39 is 0 Å². The Labute approximate surface area is 194 Å². The number of aliphatic hydroxyl groups excluding tert-OH is 2. The number of aryl methyl sites for hydroxylation is 3. The van der Waals surface area contributed by atoms with Crippen molar-refractivity contribution in [2.45, 2.75) is 88.0 Å². The van der Waals surface area contributed by atoms with Gasteiger partial charge < -0.3 is 14.9 Å². The Bertz CT molecular complexity index is 551. The second-order valence-electron chi connectivity index (χ2n) is 5.63. The van der Waals surface area contributed by atoms with Crippen LogP contribution in [0.2, 0.25) is 0 Å². The van der Waals surface area contributed by atoms with Crippen LogP contribution in [-0.2, 0) is 19.3 Å². The number of rotatable bonds is 6. The Hall–Kier alpha value is -1.84. The van der Waals surface area contributed by atoms with Gasteiger partial charge in [0, 0.05) is 0 Å². The van der Waals surface area contributed by atoms with Crippen molar-refractivity contribution >= 4 is 0 Å². The van der Waals surface area contributed by atoms with Crippen molar-refractivity contribution in [3.63, 3.8) is 0 Å². The van der Waals surface area contributed by atoms with Gasteiger partial charge in [0.05, 0.1) is 20.3 Å². The van der Waals surface area contributed by atoms with Gasteiger partial charge in [-0.1, -0.05) is 105 Å². The standard InChI is InChI=1S/C17H20O.C3H8.C2H6O2.3C2H6/c1-3-15-8-4-5-9-16(15)12-11-14-7-6-10-17(13-14)18-2;1-3-2;3-1-2-4;3*1-2/h4-10,13H,3,11-12H2,1-2H3;3H2,1-2H3;3-4H,1-2H2;3*1-2H3. The Balaban J connectivity index is -0.000000236. The molecule has 0 fully saturated rings. The maximum atomic E-state index is 7.62. The molecule has 182 valence electrons. The SMILES string of the molecule is CC.CC.CC.CCC.CCc1ccccc1CCc1cccc(OC)c1.OCCO. The molecule has 0 aliphatic heterocycles. The highest BCUT2D eigenvalue weighted by molar-refractivity contribution is 5.31. The topological polar surface area (TPSA) is 49.7 Å². The number of ether oxygens (including phenoxy) is 1. The summed E-state index contributed by atoms with van der Waals surface area (Å²) in [6.45, 7) is 18.2. The molecule has 0 aliphatic rings. The smallest absolute Gasteiger partial charge is 0.119 e. The zero-order valence-electron chi connectivity index (χ0n) is 22.2. The lowest BCUT2D eigenvalue weighted by molar-refractivity contribution is 0.186. The van der Waals surface area contributed by atoms with Crippen molar-refractivity contribution in [1.29, 1.82) is 0 Å². The molecule has 0 spiro atoms. The fraction of sp³-hybridized carbons (Fsp3) is 0.571. The molecule has 2 aromatic rings. The Kier molecular flexibility index (Phi) is 38.7. The molecule has 0 heterocycles. The van der Waals surface area contributed by atoms with E-state index in [9.17, 15) is 0 Å². The van der Waals surface area contributed by atoms with Crippen LogP contribution in [-0.4, -0.2) is 30.5 Å². The summed E-state index contributed by atoms with van der Waals surface area (Å²) in [7, 11) is 1.71. The molecule has 0 bridgehead atoms. The number of hydrogen-bond acceptors (Lipinski definition) is 3. The number of aliphatic hydroxyl groups is 2. The van der Waals surface area contributed by atoms with Crippen LogP contribution >= 0.6 is 0 Å². The molecular weight excluding hydrogens is 384 g/mol. The molecule has 0 radical (unpaired) electrons. The lowest BCUT2D eigenvalue weighted by Crippen LogP contribution is -1.96. The van der Waals surface area contributed by atoms with E-state index in [1.54, 1.807) is 7.11 Å². The summed E-state index contributed by atoms with van der Waals surface area (Å²) < 4.78 is 5.25. The first-order chi connectivity index (χ1) is 15.2. The van der Waals surface area contributed by atoms with Crippen molar-refractivity contribution < 1.29 is 14.9 Å². The van der Waals surface area contributed by atoms with Gasteiger partial charge in [0.25, 0.3) is 0 Å². The normalized spacial score (nSPS) is 8.13. The van der Waals surface area contributed by atoms with Crippen LogP contribution in [0.4, 0.5) is 0 Å². The molecule has 0 saturated heterocycles. The van der Waals surface area contributed by atoms with E-state index in [4.69, 9.17) is 14.9 Å². The van der Waals surface area contributed by atoms with Crippen LogP contribution in [0.1, 0.15) is 85.4 Å². The van der Waals surface area contributed by atoms with E-state index in [0.29, 0.717) is 0 Å². The highest BCUT2D eigenvalue weighted by Gasteiger charge is 2.01. The van der Waals surface area contributed by atoms with E-state index >= 15 is 0 Å². The molecule has 0 atom stereocenters. The second kappa shape index (κ2) is 32.8. The minimum Gasteiger partial charge on any atom is -0.497 e. The highest BCUT2D eigenvalue weighted by Crippen LogP contribution is 2.16. The van der Waals surface area contributed by atoms with Gasteiger partial charge in [0.2, 0.25) is 0 Å². The molecule has 31 heavy (non-hydrogen) atoms. The zero-order chi connectivity index (χ0) is 24.9. The number of hydrogen-bond donors (Lipinski definition) is 2. The number of benzene rings is 2. The van der Waals surface area contributed by atoms with Crippen molar-refractivity contribution in [2.75, 3.05) is 20.3 Å². The number of methoxy groups -OCH3 is 1. The van der Waals surface area contributed by atoms with Crippen molar-refractivity contribution in [1.82, 2.24) is 0 Å². The molecule has 2 aromatic carbocycles. The van der Waals surface area contributed by atoms with Crippen LogP contribution in [0.25, 0.3) is 0 Å². The third-order valence-corrected chi connectivity index (χ3v) is 3.42. The highest BCUT2D eigenvalue weighted by atomic mass is 16.5. The predicted octanol–water partition coefficient (Wildman–Crippen LogP) is 7.51. The molecule has 2 N–H and O–H groups in total. The molecular formula is C28H52O3. The maximum Gasteiger partial charge on any atom is 0.119 e. The van der Waals surface area contributed by atoms with Crippen LogP contribution in [0.5, 0.6) is 5.75 Å². The van der Waals surface area contributed by atoms with E-state index in [1.807, 2.05) is 47.6 Å². The minimum absolute atomic E-state index is 0.125. The first kappa shape index (κ1) is 36.5. The molecule has 0 amide bonds. The van der Waals surface area contributed by atoms with Crippen LogP contribution in [0, 0.1) is 0 Å². The van der Waals surface area contributed by atoms with E-state index in [1.165, 1.54) is 23.1 Å². The summed E-state index contributed by atoms with van der Waals surface area (Å²) in [6, 6.07) is 17.0. The fourth-order valence-corrected chi connectivity index (χ4v) is 2.25. The van der Waals surface area contributed by atoms with Gasteiger partial charge in [-0.15, -0.1) is 0 Å². The maximum absolute atomic E-state index is 7.62. The first-order valence-electron chi connectivity index (χ1n) is 12.1. The van der Waals surface area contributed by atoms with E-state index in [2.05, 4.69) is 63.2 Å². The Morgan fingerprint density at radius 3 is 1.58 bits per heavy atom. The van der Waals surface area contributed by atoms with Gasteiger partial charge in [-0.2, -0.15) is 0 Å². The molecule has 3 heteroatoms. The molecule has 0 unspecified atom stereocenters. The summed E-state index contributed by atoms with van der Waals surface area (Å²) >= 11 is 0. The Morgan fingerprint density at radius 2 is 1.16 bits per heavy atom. The summed E-state index contributed by atoms with van der Waals surface area (Å²) in [6.07, 6.45) is 4.51. The summed E-state index contributed by atoms with van der Waals surface area (Å²) in [4.78, 5) is 0. The third-order valence-electron chi connectivity index (χ3n) is 3.42. The summed E-state index contributed by atoms with van der Waals surface area (Å²) in [5, 5.41) is 15.2.